The number of hydrogen-bond donors (Lipinski definition) is 0. The van der Waals surface area contributed by atoms with E-state index >= 15 is 0 Å². The molecule has 1 heterocycles. The van der Waals surface area contributed by atoms with Gasteiger partial charge in [0.1, 0.15) is 7.14 Å². The molecule has 1 nitrogen and oxygen atoms in total. The summed E-state index contributed by atoms with van der Waals surface area (Å²) in [5, 5.41) is 1.03. The summed E-state index contributed by atoms with van der Waals surface area (Å²) in [6.07, 6.45) is 2.17. The molecule has 2 rings (SSSR count). The minimum atomic E-state index is -2.25. The third-order valence-corrected chi connectivity index (χ3v) is 7.53. The van der Waals surface area contributed by atoms with Crippen molar-refractivity contribution in [3.8, 4) is 0 Å². The molecule has 0 amide bonds. The van der Waals surface area contributed by atoms with Gasteiger partial charge in [0.05, 0.1) is 0 Å². The molecule has 0 radical (unpaired) electrons. The van der Waals surface area contributed by atoms with Crippen molar-refractivity contribution in [3.05, 3.63) is 42.0 Å². The van der Waals surface area contributed by atoms with Crippen LogP contribution in [0.3, 0.4) is 0 Å². The van der Waals surface area contributed by atoms with Gasteiger partial charge in [0.25, 0.3) is 0 Å². The molecule has 1 aliphatic heterocycles. The summed E-state index contributed by atoms with van der Waals surface area (Å²) >= 11 is 0. The zero-order chi connectivity index (χ0) is 11.1. The van der Waals surface area contributed by atoms with Crippen LogP contribution in [0.25, 0.3) is 0 Å². The van der Waals surface area contributed by atoms with Crippen molar-refractivity contribution in [1.29, 1.82) is 0 Å². The summed E-state index contributed by atoms with van der Waals surface area (Å²) in [6.45, 7) is 6.24. The van der Waals surface area contributed by atoms with E-state index < -0.39 is 7.14 Å². The molecule has 0 N–H and O–H groups in total. The first kappa shape index (κ1) is 10.7. The van der Waals surface area contributed by atoms with Gasteiger partial charge in [0.2, 0.25) is 0 Å². The molecular weight excluding hydrogens is 203 g/mol. The third kappa shape index (κ3) is 1.50. The van der Waals surface area contributed by atoms with Gasteiger partial charge in [0, 0.05) is 16.6 Å². The zero-order valence-electron chi connectivity index (χ0n) is 9.47. The predicted octanol–water partition coefficient (Wildman–Crippen LogP) is 3.41. The highest BCUT2D eigenvalue weighted by Gasteiger charge is 2.41. The third-order valence-electron chi connectivity index (χ3n) is 3.50. The zero-order valence-corrected chi connectivity index (χ0v) is 10.4. The van der Waals surface area contributed by atoms with E-state index in [0.29, 0.717) is 0 Å². The summed E-state index contributed by atoms with van der Waals surface area (Å²) in [6, 6.07) is 9.92. The Morgan fingerprint density at radius 1 is 1.13 bits per heavy atom. The second kappa shape index (κ2) is 3.64. The van der Waals surface area contributed by atoms with Crippen LogP contribution in [-0.2, 0) is 4.57 Å². The molecule has 1 aromatic carbocycles. The fourth-order valence-electron chi connectivity index (χ4n) is 2.41. The maximum absolute atomic E-state index is 13.0. The molecular formula is C13H17OP. The molecule has 0 aliphatic carbocycles. The minimum Gasteiger partial charge on any atom is -0.317 e. The molecule has 2 heteroatoms. The van der Waals surface area contributed by atoms with E-state index in [1.165, 1.54) is 5.57 Å². The number of benzene rings is 1. The monoisotopic (exact) mass is 220 g/mol. The fourth-order valence-corrected chi connectivity index (χ4v) is 5.81. The molecule has 0 saturated carbocycles. The lowest BCUT2D eigenvalue weighted by Crippen LogP contribution is -2.17. The summed E-state index contributed by atoms with van der Waals surface area (Å²) < 4.78 is 13.0. The van der Waals surface area contributed by atoms with Gasteiger partial charge in [-0.05, 0) is 6.92 Å². The summed E-state index contributed by atoms with van der Waals surface area (Å²) in [4.78, 5) is 0. The van der Waals surface area contributed by atoms with E-state index in [2.05, 4.69) is 26.8 Å². The number of allylic oxidation sites excluding steroid dienone is 2. The van der Waals surface area contributed by atoms with Crippen molar-refractivity contribution in [2.45, 2.75) is 32.1 Å². The summed E-state index contributed by atoms with van der Waals surface area (Å²) in [5.41, 5.74) is 1.67. The van der Waals surface area contributed by atoms with Crippen LogP contribution in [0, 0.1) is 0 Å². The maximum atomic E-state index is 13.0. The Labute approximate surface area is 91.6 Å². The van der Waals surface area contributed by atoms with Gasteiger partial charge < -0.3 is 4.57 Å². The Bertz CT molecular complexity index is 433. The molecule has 1 aliphatic rings. The van der Waals surface area contributed by atoms with Crippen molar-refractivity contribution < 1.29 is 4.57 Å². The lowest BCUT2D eigenvalue weighted by atomic mass is 10.2. The number of hydrogen-bond acceptors (Lipinski definition) is 1. The Morgan fingerprint density at radius 3 is 2.20 bits per heavy atom. The molecule has 0 bridgehead atoms. The Balaban J connectivity index is 2.50. The van der Waals surface area contributed by atoms with E-state index in [1.807, 2.05) is 30.3 Å². The van der Waals surface area contributed by atoms with E-state index in [1.54, 1.807) is 0 Å². The Kier molecular flexibility index (Phi) is 2.60. The van der Waals surface area contributed by atoms with Crippen LogP contribution in [0.5, 0.6) is 0 Å². The lowest BCUT2D eigenvalue weighted by Gasteiger charge is -2.23. The first-order valence-electron chi connectivity index (χ1n) is 5.40. The van der Waals surface area contributed by atoms with Gasteiger partial charge >= 0.3 is 0 Å². The first-order valence-corrected chi connectivity index (χ1v) is 7.24. The molecule has 0 fully saturated rings. The van der Waals surface area contributed by atoms with Crippen LogP contribution >= 0.6 is 7.14 Å². The average molecular weight is 220 g/mol. The highest BCUT2D eigenvalue weighted by Crippen LogP contribution is 2.60. The van der Waals surface area contributed by atoms with Gasteiger partial charge in [-0.3, -0.25) is 0 Å². The SMILES string of the molecule is CC1=C[C@H](C)[P@@](=O)(c2ccccc2)[C@@H]1C. The van der Waals surface area contributed by atoms with Crippen LogP contribution in [0.15, 0.2) is 42.0 Å². The van der Waals surface area contributed by atoms with E-state index in [-0.39, 0.29) is 11.3 Å². The van der Waals surface area contributed by atoms with Crippen molar-refractivity contribution >= 4 is 12.4 Å². The van der Waals surface area contributed by atoms with E-state index in [9.17, 15) is 4.57 Å². The van der Waals surface area contributed by atoms with Crippen molar-refractivity contribution in [1.82, 2.24) is 0 Å². The summed E-state index contributed by atoms with van der Waals surface area (Å²) in [7, 11) is -2.25. The Hall–Kier alpha value is -0.810. The molecule has 0 unspecified atom stereocenters. The standard InChI is InChI=1S/C13H17OP/c1-10-9-11(2)15(14,12(10)3)13-7-5-4-6-8-13/h4-9,11-12H,1-3H3/t11-,12+,15-/m0/s1. The van der Waals surface area contributed by atoms with Gasteiger partial charge in [-0.2, -0.15) is 0 Å². The number of rotatable bonds is 1. The fraction of sp³-hybridized carbons (Fsp3) is 0.385. The highest BCUT2D eigenvalue weighted by molar-refractivity contribution is 7.73. The normalized spacial score (nSPS) is 35.3. The van der Waals surface area contributed by atoms with Gasteiger partial charge in [0.15, 0.2) is 0 Å². The molecule has 15 heavy (non-hydrogen) atoms. The average Bonchev–Trinajstić information content (AvgIpc) is 2.45. The highest BCUT2D eigenvalue weighted by atomic mass is 31.2. The second-order valence-electron chi connectivity index (χ2n) is 4.37. The van der Waals surface area contributed by atoms with Crippen molar-refractivity contribution in [2.24, 2.45) is 0 Å². The van der Waals surface area contributed by atoms with Crippen LogP contribution in [0.2, 0.25) is 0 Å². The van der Waals surface area contributed by atoms with E-state index in [4.69, 9.17) is 0 Å². The molecule has 0 spiro atoms. The molecule has 0 aromatic heterocycles. The topological polar surface area (TPSA) is 17.1 Å². The first-order chi connectivity index (χ1) is 7.06. The van der Waals surface area contributed by atoms with Crippen LogP contribution in [0.1, 0.15) is 20.8 Å². The minimum absolute atomic E-state index is 0.190. The van der Waals surface area contributed by atoms with Gasteiger partial charge in [-0.15, -0.1) is 0 Å². The quantitative estimate of drug-likeness (QED) is 0.523. The van der Waals surface area contributed by atoms with Crippen molar-refractivity contribution in [3.63, 3.8) is 0 Å². The smallest absolute Gasteiger partial charge is 0.128 e. The maximum Gasteiger partial charge on any atom is 0.128 e. The molecule has 80 valence electrons. The lowest BCUT2D eigenvalue weighted by molar-refractivity contribution is 0.576. The molecule has 0 saturated heterocycles. The van der Waals surface area contributed by atoms with Crippen LogP contribution in [0.4, 0.5) is 0 Å². The van der Waals surface area contributed by atoms with Crippen LogP contribution < -0.4 is 5.30 Å². The summed E-state index contributed by atoms with van der Waals surface area (Å²) in [5.74, 6) is 0. The predicted molar refractivity (Wildman–Crippen MR) is 66.4 cm³/mol. The molecule has 3 atom stereocenters. The Morgan fingerprint density at radius 2 is 1.73 bits per heavy atom. The largest absolute Gasteiger partial charge is 0.317 e. The second-order valence-corrected chi connectivity index (χ2v) is 7.90. The van der Waals surface area contributed by atoms with Gasteiger partial charge in [-0.25, -0.2) is 0 Å². The molecule has 1 aromatic rings. The van der Waals surface area contributed by atoms with Crippen molar-refractivity contribution in [2.75, 3.05) is 0 Å². The van der Waals surface area contributed by atoms with Crippen LogP contribution in [-0.4, -0.2) is 11.3 Å². The van der Waals surface area contributed by atoms with Gasteiger partial charge in [-0.1, -0.05) is 55.8 Å². The van der Waals surface area contributed by atoms with E-state index in [0.717, 1.165) is 5.30 Å².